The molecule has 1 heterocycles. The van der Waals surface area contributed by atoms with Crippen molar-refractivity contribution in [3.63, 3.8) is 0 Å². The molecule has 3 rings (SSSR count). The van der Waals surface area contributed by atoms with Crippen LogP contribution in [0, 0.1) is 20.8 Å². The summed E-state index contributed by atoms with van der Waals surface area (Å²) in [7, 11) is 0. The minimum absolute atomic E-state index is 0.140. The summed E-state index contributed by atoms with van der Waals surface area (Å²) in [5.41, 5.74) is 7.04. The summed E-state index contributed by atoms with van der Waals surface area (Å²) in [4.78, 5) is 4.73. The highest BCUT2D eigenvalue weighted by molar-refractivity contribution is 6.20. The largest absolute Gasteiger partial charge is 0.295 e. The van der Waals surface area contributed by atoms with Gasteiger partial charge in [-0.3, -0.25) is 4.57 Å². The summed E-state index contributed by atoms with van der Waals surface area (Å²) in [6, 6.07) is 12.7. The van der Waals surface area contributed by atoms with Crippen LogP contribution < -0.4 is 0 Å². The predicted octanol–water partition coefficient (Wildman–Crippen LogP) is 5.25. The van der Waals surface area contributed by atoms with Gasteiger partial charge in [0.05, 0.1) is 16.4 Å². The second kappa shape index (κ2) is 5.19. The molecule has 0 saturated carbocycles. The highest BCUT2D eigenvalue weighted by atomic mass is 35.5. The lowest BCUT2D eigenvalue weighted by Gasteiger charge is -2.13. The van der Waals surface area contributed by atoms with Crippen molar-refractivity contribution in [2.24, 2.45) is 0 Å². The van der Waals surface area contributed by atoms with Crippen molar-refractivity contribution in [1.82, 2.24) is 9.55 Å². The first-order valence-corrected chi connectivity index (χ1v) is 7.62. The number of aromatic nitrogens is 2. The van der Waals surface area contributed by atoms with E-state index in [1.807, 2.05) is 19.1 Å². The summed E-state index contributed by atoms with van der Waals surface area (Å²) in [6.45, 7) is 8.34. The molecule has 3 aromatic rings. The maximum atomic E-state index is 6.37. The highest BCUT2D eigenvalue weighted by Gasteiger charge is 2.17. The van der Waals surface area contributed by atoms with Gasteiger partial charge in [0.1, 0.15) is 5.82 Å². The molecule has 1 atom stereocenters. The van der Waals surface area contributed by atoms with E-state index >= 15 is 0 Å². The van der Waals surface area contributed by atoms with Crippen LogP contribution in [-0.4, -0.2) is 9.55 Å². The van der Waals surface area contributed by atoms with Gasteiger partial charge in [0, 0.05) is 5.69 Å². The third-order valence-corrected chi connectivity index (χ3v) is 4.20. The van der Waals surface area contributed by atoms with E-state index in [0.717, 1.165) is 22.5 Å². The number of nitrogens with zero attached hydrogens (tertiary/aromatic N) is 2. The van der Waals surface area contributed by atoms with Crippen LogP contribution in [0.2, 0.25) is 0 Å². The van der Waals surface area contributed by atoms with E-state index in [0.29, 0.717) is 0 Å². The Morgan fingerprint density at radius 1 is 1.00 bits per heavy atom. The van der Waals surface area contributed by atoms with Gasteiger partial charge in [0.2, 0.25) is 0 Å². The Kier molecular flexibility index (Phi) is 3.50. The van der Waals surface area contributed by atoms with E-state index in [1.54, 1.807) is 0 Å². The molecule has 0 fully saturated rings. The third kappa shape index (κ3) is 2.34. The van der Waals surface area contributed by atoms with Crippen molar-refractivity contribution in [2.75, 3.05) is 0 Å². The SMILES string of the molecule is Cc1ccc(-n2c(C(C)Cl)nc3cccc(C)c32)cc1C. The Balaban J connectivity index is 2.38. The Hall–Kier alpha value is -1.80. The summed E-state index contributed by atoms with van der Waals surface area (Å²) < 4.78 is 2.19. The van der Waals surface area contributed by atoms with Gasteiger partial charge in [-0.1, -0.05) is 18.2 Å². The number of rotatable bonds is 2. The Labute approximate surface area is 130 Å². The number of halogens is 1. The van der Waals surface area contributed by atoms with Crippen molar-refractivity contribution in [3.8, 4) is 5.69 Å². The van der Waals surface area contributed by atoms with Crippen LogP contribution in [0.3, 0.4) is 0 Å². The van der Waals surface area contributed by atoms with Crippen molar-refractivity contribution in [1.29, 1.82) is 0 Å². The van der Waals surface area contributed by atoms with Crippen LogP contribution >= 0.6 is 11.6 Å². The summed E-state index contributed by atoms with van der Waals surface area (Å²) in [6.07, 6.45) is 0. The molecule has 0 aliphatic rings. The number of hydrogen-bond donors (Lipinski definition) is 0. The smallest absolute Gasteiger partial charge is 0.132 e. The number of aryl methyl sites for hydroxylation is 3. The Morgan fingerprint density at radius 2 is 1.76 bits per heavy atom. The molecule has 2 aromatic carbocycles. The molecule has 1 aromatic heterocycles. The van der Waals surface area contributed by atoms with Crippen LogP contribution in [0.1, 0.15) is 34.8 Å². The maximum absolute atomic E-state index is 6.37. The van der Waals surface area contributed by atoms with Crippen molar-refractivity contribution in [3.05, 3.63) is 58.9 Å². The van der Waals surface area contributed by atoms with Crippen molar-refractivity contribution < 1.29 is 0 Å². The van der Waals surface area contributed by atoms with Crippen molar-refractivity contribution >= 4 is 22.6 Å². The molecule has 0 saturated heterocycles. The second-order valence-corrected chi connectivity index (χ2v) is 6.29. The zero-order valence-corrected chi connectivity index (χ0v) is 13.6. The van der Waals surface area contributed by atoms with Crippen molar-refractivity contribution in [2.45, 2.75) is 33.1 Å². The lowest BCUT2D eigenvalue weighted by molar-refractivity contribution is 0.880. The molecule has 0 amide bonds. The van der Waals surface area contributed by atoms with Gasteiger partial charge in [-0.15, -0.1) is 11.6 Å². The van der Waals surface area contributed by atoms with Gasteiger partial charge in [0.15, 0.2) is 0 Å². The highest BCUT2D eigenvalue weighted by Crippen LogP contribution is 2.30. The summed E-state index contributed by atoms with van der Waals surface area (Å²) >= 11 is 6.37. The van der Waals surface area contributed by atoms with Gasteiger partial charge in [-0.25, -0.2) is 4.98 Å². The fourth-order valence-electron chi connectivity index (χ4n) is 2.71. The topological polar surface area (TPSA) is 17.8 Å². The fraction of sp³-hybridized carbons (Fsp3) is 0.278. The average molecular weight is 299 g/mol. The number of para-hydroxylation sites is 1. The molecule has 0 N–H and O–H groups in total. The van der Waals surface area contributed by atoms with Gasteiger partial charge in [-0.05, 0) is 62.6 Å². The predicted molar refractivity (Wildman–Crippen MR) is 89.5 cm³/mol. The van der Waals surface area contributed by atoms with Crippen LogP contribution in [0.4, 0.5) is 0 Å². The van der Waals surface area contributed by atoms with E-state index in [1.165, 1.54) is 16.7 Å². The molecular formula is C18H19ClN2. The number of hydrogen-bond acceptors (Lipinski definition) is 1. The molecular weight excluding hydrogens is 280 g/mol. The normalized spacial score (nSPS) is 12.8. The van der Waals surface area contributed by atoms with Crippen LogP contribution in [0.15, 0.2) is 36.4 Å². The molecule has 108 valence electrons. The Morgan fingerprint density at radius 3 is 2.43 bits per heavy atom. The second-order valence-electron chi connectivity index (χ2n) is 5.63. The summed E-state index contributed by atoms with van der Waals surface area (Å²) in [5.74, 6) is 0.893. The molecule has 0 radical (unpaired) electrons. The number of benzene rings is 2. The van der Waals surface area contributed by atoms with Crippen LogP contribution in [-0.2, 0) is 0 Å². The first-order chi connectivity index (χ1) is 9.99. The van der Waals surface area contributed by atoms with E-state index in [2.05, 4.69) is 49.6 Å². The molecule has 2 nitrogen and oxygen atoms in total. The number of alkyl halides is 1. The average Bonchev–Trinajstić information content (AvgIpc) is 2.83. The molecule has 21 heavy (non-hydrogen) atoms. The van der Waals surface area contributed by atoms with E-state index in [9.17, 15) is 0 Å². The minimum atomic E-state index is -0.140. The number of fused-ring (bicyclic) bond motifs is 1. The zero-order valence-electron chi connectivity index (χ0n) is 12.8. The molecule has 3 heteroatoms. The first-order valence-electron chi connectivity index (χ1n) is 7.18. The van der Waals surface area contributed by atoms with Gasteiger partial charge >= 0.3 is 0 Å². The molecule has 0 spiro atoms. The monoisotopic (exact) mass is 298 g/mol. The lowest BCUT2D eigenvalue weighted by Crippen LogP contribution is -2.03. The molecule has 0 aliphatic heterocycles. The standard InChI is InChI=1S/C18H19ClN2/c1-11-8-9-15(10-13(11)3)21-17-12(2)6-5-7-16(17)20-18(21)14(4)19/h5-10,14H,1-4H3. The van der Waals surface area contributed by atoms with Gasteiger partial charge in [0.25, 0.3) is 0 Å². The molecule has 0 bridgehead atoms. The van der Waals surface area contributed by atoms with Crippen LogP contribution in [0.25, 0.3) is 16.7 Å². The summed E-state index contributed by atoms with van der Waals surface area (Å²) in [5, 5.41) is -0.140. The van der Waals surface area contributed by atoms with Gasteiger partial charge in [-0.2, -0.15) is 0 Å². The zero-order chi connectivity index (χ0) is 15.1. The van der Waals surface area contributed by atoms with Crippen LogP contribution in [0.5, 0.6) is 0 Å². The molecule has 0 aliphatic carbocycles. The van der Waals surface area contributed by atoms with E-state index in [4.69, 9.17) is 16.6 Å². The minimum Gasteiger partial charge on any atom is -0.295 e. The van der Waals surface area contributed by atoms with E-state index < -0.39 is 0 Å². The van der Waals surface area contributed by atoms with E-state index in [-0.39, 0.29) is 5.38 Å². The first kappa shape index (κ1) is 14.2. The molecule has 1 unspecified atom stereocenters. The quantitative estimate of drug-likeness (QED) is 0.591. The maximum Gasteiger partial charge on any atom is 0.132 e. The third-order valence-electron chi connectivity index (χ3n) is 4.01. The van der Waals surface area contributed by atoms with Gasteiger partial charge < -0.3 is 0 Å². The Bertz CT molecular complexity index is 815. The number of imidazole rings is 1. The lowest BCUT2D eigenvalue weighted by atomic mass is 10.1. The fourth-order valence-corrected chi connectivity index (χ4v) is 2.85.